The van der Waals surface area contributed by atoms with Gasteiger partial charge in [-0.25, -0.2) is 0 Å². The van der Waals surface area contributed by atoms with E-state index >= 15 is 0 Å². The fraction of sp³-hybridized carbons (Fsp3) is 0.684. The minimum absolute atomic E-state index is 0. The van der Waals surface area contributed by atoms with Crippen LogP contribution in [0.4, 0.5) is 0 Å². The SMILES string of the molecule is CCCCCCCCCCCCCc1ccccc1S(=O)(=O)O.[H-].[H-].[Mg+2]. The predicted octanol–water partition coefficient (Wildman–Crippen LogP) is 5.63. The van der Waals surface area contributed by atoms with Crippen molar-refractivity contribution in [3.63, 3.8) is 0 Å². The number of benzene rings is 1. The van der Waals surface area contributed by atoms with Crippen molar-refractivity contribution in [2.45, 2.75) is 88.9 Å². The average molecular weight is 367 g/mol. The quantitative estimate of drug-likeness (QED) is 0.279. The van der Waals surface area contributed by atoms with Gasteiger partial charge in [0.15, 0.2) is 0 Å². The zero-order valence-electron chi connectivity index (χ0n) is 17.2. The average Bonchev–Trinajstić information content (AvgIpc) is 2.52. The molecule has 0 amide bonds. The van der Waals surface area contributed by atoms with E-state index in [0.717, 1.165) is 18.4 Å². The number of hydrogen-bond donors (Lipinski definition) is 1. The summed E-state index contributed by atoms with van der Waals surface area (Å²) in [5.74, 6) is 0. The fourth-order valence-corrected chi connectivity index (χ4v) is 3.69. The van der Waals surface area contributed by atoms with Crippen molar-refractivity contribution in [3.8, 4) is 0 Å². The molecule has 24 heavy (non-hydrogen) atoms. The van der Waals surface area contributed by atoms with E-state index in [1.807, 2.05) is 6.07 Å². The Hall–Kier alpha value is -0.104. The Morgan fingerprint density at radius 2 is 1.29 bits per heavy atom. The van der Waals surface area contributed by atoms with E-state index in [9.17, 15) is 13.0 Å². The third-order valence-corrected chi connectivity index (χ3v) is 5.25. The smallest absolute Gasteiger partial charge is 1.00 e. The minimum Gasteiger partial charge on any atom is -1.00 e. The first kappa shape index (κ1) is 23.9. The molecule has 1 aromatic carbocycles. The van der Waals surface area contributed by atoms with E-state index in [2.05, 4.69) is 6.92 Å². The predicted molar refractivity (Wildman–Crippen MR) is 104 cm³/mol. The second kappa shape index (κ2) is 14.1. The molecular weight excluding hydrogens is 333 g/mol. The molecule has 136 valence electrons. The van der Waals surface area contributed by atoms with Gasteiger partial charge in [0.2, 0.25) is 0 Å². The van der Waals surface area contributed by atoms with E-state index in [1.54, 1.807) is 12.1 Å². The molecule has 0 fully saturated rings. The molecule has 1 rings (SSSR count). The van der Waals surface area contributed by atoms with Crippen molar-refractivity contribution in [1.29, 1.82) is 0 Å². The third-order valence-electron chi connectivity index (χ3n) is 4.30. The second-order valence-corrected chi connectivity index (χ2v) is 7.76. The van der Waals surface area contributed by atoms with Crippen LogP contribution in [0.3, 0.4) is 0 Å². The summed E-state index contributed by atoms with van der Waals surface area (Å²) in [4.78, 5) is 0.0621. The molecule has 0 atom stereocenters. The fourth-order valence-electron chi connectivity index (χ4n) is 2.94. The third kappa shape index (κ3) is 10.7. The summed E-state index contributed by atoms with van der Waals surface area (Å²) in [5.41, 5.74) is 0.728. The Morgan fingerprint density at radius 1 is 0.833 bits per heavy atom. The van der Waals surface area contributed by atoms with E-state index in [0.29, 0.717) is 6.42 Å². The van der Waals surface area contributed by atoms with Gasteiger partial charge in [0.1, 0.15) is 0 Å². The molecule has 0 saturated heterocycles. The molecule has 0 bridgehead atoms. The maximum Gasteiger partial charge on any atom is 2.00 e. The summed E-state index contributed by atoms with van der Waals surface area (Å²) in [5, 5.41) is 0. The molecule has 1 aromatic rings. The number of rotatable bonds is 13. The maximum atomic E-state index is 11.3. The van der Waals surface area contributed by atoms with Crippen molar-refractivity contribution in [3.05, 3.63) is 29.8 Å². The monoisotopic (exact) mass is 366 g/mol. The molecular formula is C19H34MgO3S. The van der Waals surface area contributed by atoms with Crippen LogP contribution in [0, 0.1) is 0 Å². The van der Waals surface area contributed by atoms with Gasteiger partial charge in [-0.15, -0.1) is 0 Å². The summed E-state index contributed by atoms with van der Waals surface area (Å²) >= 11 is 0. The molecule has 0 aliphatic rings. The van der Waals surface area contributed by atoms with Crippen LogP contribution in [0.5, 0.6) is 0 Å². The number of aryl methyl sites for hydroxylation is 1. The molecule has 0 spiro atoms. The van der Waals surface area contributed by atoms with Gasteiger partial charge >= 0.3 is 23.1 Å². The molecule has 5 heteroatoms. The van der Waals surface area contributed by atoms with Gasteiger partial charge in [-0.2, -0.15) is 8.42 Å². The van der Waals surface area contributed by atoms with Crippen molar-refractivity contribution >= 4 is 33.2 Å². The Labute approximate surface area is 167 Å². The van der Waals surface area contributed by atoms with Crippen LogP contribution in [-0.4, -0.2) is 36.0 Å². The summed E-state index contributed by atoms with van der Waals surface area (Å²) < 4.78 is 31.8. The Kier molecular flexibility index (Phi) is 14.0. The van der Waals surface area contributed by atoms with Gasteiger partial charge in [0, 0.05) is 0 Å². The van der Waals surface area contributed by atoms with Crippen LogP contribution in [0.15, 0.2) is 29.2 Å². The molecule has 0 radical (unpaired) electrons. The molecule has 0 aliphatic heterocycles. The van der Waals surface area contributed by atoms with Gasteiger partial charge in [-0.1, -0.05) is 89.3 Å². The summed E-state index contributed by atoms with van der Waals surface area (Å²) in [6, 6.07) is 6.73. The standard InChI is InChI=1S/C19H32O3S.Mg.2H/c1-2-3-4-5-6-7-8-9-10-11-12-15-18-16-13-14-17-19(18)23(20,21)22;;;/h13-14,16-17H,2-12,15H2,1H3,(H,20,21,22);;;/q;+2;2*-1. The molecule has 0 aliphatic carbocycles. The molecule has 0 unspecified atom stereocenters. The van der Waals surface area contributed by atoms with Crippen LogP contribution >= 0.6 is 0 Å². The molecule has 0 heterocycles. The Balaban J connectivity index is -0.00000176. The van der Waals surface area contributed by atoms with Crippen molar-refractivity contribution in [2.24, 2.45) is 0 Å². The Bertz CT molecular complexity index is 539. The van der Waals surface area contributed by atoms with Crippen LogP contribution in [0.25, 0.3) is 0 Å². The summed E-state index contributed by atoms with van der Waals surface area (Å²) in [6.07, 6.45) is 14.7. The first-order valence-corrected chi connectivity index (χ1v) is 10.5. The first-order valence-electron chi connectivity index (χ1n) is 9.11. The van der Waals surface area contributed by atoms with Crippen LogP contribution < -0.4 is 0 Å². The number of unbranched alkanes of at least 4 members (excludes halogenated alkanes) is 10. The van der Waals surface area contributed by atoms with Crippen LogP contribution in [0.1, 0.15) is 86.0 Å². The Morgan fingerprint density at radius 3 is 1.79 bits per heavy atom. The zero-order chi connectivity index (χ0) is 17.0. The molecule has 1 N–H and O–H groups in total. The topological polar surface area (TPSA) is 54.4 Å². The molecule has 0 saturated carbocycles. The largest absolute Gasteiger partial charge is 2.00 e. The zero-order valence-corrected chi connectivity index (χ0v) is 17.4. The van der Waals surface area contributed by atoms with E-state index < -0.39 is 10.1 Å². The van der Waals surface area contributed by atoms with Crippen molar-refractivity contribution in [2.75, 3.05) is 0 Å². The molecule has 0 aromatic heterocycles. The normalized spacial score (nSPS) is 11.2. The van der Waals surface area contributed by atoms with Crippen LogP contribution in [-0.2, 0) is 16.5 Å². The summed E-state index contributed by atoms with van der Waals surface area (Å²) in [7, 11) is -4.10. The first-order chi connectivity index (χ1) is 11.1. The van der Waals surface area contributed by atoms with Crippen molar-refractivity contribution < 1.29 is 15.8 Å². The second-order valence-electron chi connectivity index (χ2n) is 6.37. The van der Waals surface area contributed by atoms with E-state index in [1.165, 1.54) is 63.9 Å². The maximum absolute atomic E-state index is 11.3. The van der Waals surface area contributed by atoms with Gasteiger partial charge in [0.05, 0.1) is 4.90 Å². The van der Waals surface area contributed by atoms with E-state index in [-0.39, 0.29) is 30.8 Å². The minimum atomic E-state index is -4.10. The van der Waals surface area contributed by atoms with Crippen molar-refractivity contribution in [1.82, 2.24) is 0 Å². The van der Waals surface area contributed by atoms with Gasteiger partial charge < -0.3 is 2.85 Å². The van der Waals surface area contributed by atoms with Gasteiger partial charge in [-0.3, -0.25) is 4.55 Å². The van der Waals surface area contributed by atoms with Crippen LogP contribution in [0.2, 0.25) is 0 Å². The van der Waals surface area contributed by atoms with E-state index in [4.69, 9.17) is 0 Å². The van der Waals surface area contributed by atoms with Gasteiger partial charge in [-0.05, 0) is 24.5 Å². The number of hydrogen-bond acceptors (Lipinski definition) is 2. The summed E-state index contributed by atoms with van der Waals surface area (Å²) in [6.45, 7) is 2.24. The molecule has 3 nitrogen and oxygen atoms in total. The van der Waals surface area contributed by atoms with Gasteiger partial charge in [0.25, 0.3) is 10.1 Å².